The zero-order chi connectivity index (χ0) is 13.6. The van der Waals surface area contributed by atoms with Crippen molar-refractivity contribution in [3.63, 3.8) is 0 Å². The van der Waals surface area contributed by atoms with Crippen molar-refractivity contribution < 1.29 is 0 Å². The smallest absolute Gasteiger partial charge is 0.269 e. The Morgan fingerprint density at radius 3 is 2.74 bits per heavy atom. The Morgan fingerprint density at radius 1 is 1.32 bits per heavy atom. The van der Waals surface area contributed by atoms with Gasteiger partial charge in [-0.3, -0.25) is 9.08 Å². The summed E-state index contributed by atoms with van der Waals surface area (Å²) in [5, 5.41) is 8.61. The lowest BCUT2D eigenvalue weighted by Crippen LogP contribution is -2.22. The van der Waals surface area contributed by atoms with Crippen molar-refractivity contribution in [2.75, 3.05) is 0 Å². The van der Waals surface area contributed by atoms with Crippen molar-refractivity contribution in [2.24, 2.45) is 7.05 Å². The molecule has 0 saturated carbocycles. The number of pyridine rings is 1. The molecule has 0 aliphatic heterocycles. The van der Waals surface area contributed by atoms with Gasteiger partial charge in [-0.15, -0.1) is 5.10 Å². The Bertz CT molecular complexity index is 813. The number of aryl methyl sites for hydroxylation is 2. The number of hydrogen-bond acceptors (Lipinski definition) is 3. The van der Waals surface area contributed by atoms with Crippen LogP contribution in [0.25, 0.3) is 5.65 Å². The van der Waals surface area contributed by atoms with E-state index in [9.17, 15) is 4.79 Å². The van der Waals surface area contributed by atoms with E-state index < -0.39 is 0 Å². The van der Waals surface area contributed by atoms with E-state index in [1.54, 1.807) is 16.9 Å². The monoisotopic (exact) mass is 321 g/mol. The summed E-state index contributed by atoms with van der Waals surface area (Å²) in [6, 6.07) is 5.47. The molecule has 0 aliphatic rings. The van der Waals surface area contributed by atoms with E-state index in [0.717, 1.165) is 15.9 Å². The highest BCUT2D eigenvalue weighted by molar-refractivity contribution is 9.10. The molecule has 0 radical (unpaired) electrons. The summed E-state index contributed by atoms with van der Waals surface area (Å²) in [6.07, 6.45) is 1.71. The third-order valence-electron chi connectivity index (χ3n) is 3.05. The lowest BCUT2D eigenvalue weighted by atomic mass is 10.4. The van der Waals surface area contributed by atoms with Gasteiger partial charge in [0.25, 0.3) is 0 Å². The molecule has 0 aromatic carbocycles. The molecule has 3 heterocycles. The predicted molar refractivity (Wildman–Crippen MR) is 74.2 cm³/mol. The quantitative estimate of drug-likeness (QED) is 0.716. The Labute approximate surface area is 117 Å². The van der Waals surface area contributed by atoms with Gasteiger partial charge in [0.15, 0.2) is 5.65 Å². The number of nitrogens with zero attached hydrogens (tertiary/aromatic N) is 5. The van der Waals surface area contributed by atoms with Gasteiger partial charge in [0.05, 0.1) is 22.4 Å². The molecule has 0 fully saturated rings. The molecule has 0 atom stereocenters. The second-order valence-electron chi connectivity index (χ2n) is 4.34. The molecule has 0 spiro atoms. The number of fused-ring (bicyclic) bond motifs is 1. The summed E-state index contributed by atoms with van der Waals surface area (Å²) in [4.78, 5) is 12.2. The summed E-state index contributed by atoms with van der Waals surface area (Å²) < 4.78 is 5.64. The molecule has 0 bridgehead atoms. The van der Waals surface area contributed by atoms with Crippen LogP contribution in [0.5, 0.6) is 0 Å². The maximum Gasteiger partial charge on any atom is 0.350 e. The van der Waals surface area contributed by atoms with Crippen molar-refractivity contribution in [1.82, 2.24) is 24.0 Å². The van der Waals surface area contributed by atoms with Crippen LogP contribution in [0.4, 0.5) is 0 Å². The molecule has 3 aromatic heterocycles. The minimum Gasteiger partial charge on any atom is -0.269 e. The molecule has 0 aliphatic carbocycles. The molecule has 7 heteroatoms. The molecule has 0 amide bonds. The largest absolute Gasteiger partial charge is 0.350 e. The molecule has 0 N–H and O–H groups in total. The summed E-state index contributed by atoms with van der Waals surface area (Å²) in [7, 11) is 1.86. The molecule has 6 nitrogen and oxygen atoms in total. The fourth-order valence-electron chi connectivity index (χ4n) is 2.06. The summed E-state index contributed by atoms with van der Waals surface area (Å²) >= 11 is 3.49. The highest BCUT2D eigenvalue weighted by Gasteiger charge is 2.14. The van der Waals surface area contributed by atoms with E-state index in [-0.39, 0.29) is 5.69 Å². The van der Waals surface area contributed by atoms with Gasteiger partial charge in [0.1, 0.15) is 0 Å². The second kappa shape index (κ2) is 4.34. The standard InChI is InChI=1S/C12H12BrN5O/c1-8-11(13)9(16(2)14-8)7-18-12(19)17-6-4-3-5-10(17)15-18/h3-6H,7H2,1-2H3. The minimum atomic E-state index is -0.152. The first-order valence-electron chi connectivity index (χ1n) is 5.80. The van der Waals surface area contributed by atoms with Gasteiger partial charge in [-0.05, 0) is 35.0 Å². The fraction of sp³-hybridized carbons (Fsp3) is 0.250. The van der Waals surface area contributed by atoms with Crippen LogP contribution in [0.2, 0.25) is 0 Å². The molecule has 19 heavy (non-hydrogen) atoms. The normalized spacial score (nSPS) is 11.3. The zero-order valence-corrected chi connectivity index (χ0v) is 12.1. The van der Waals surface area contributed by atoms with E-state index in [1.165, 1.54) is 9.08 Å². The van der Waals surface area contributed by atoms with E-state index in [4.69, 9.17) is 0 Å². The van der Waals surface area contributed by atoms with Gasteiger partial charge in [-0.1, -0.05) is 6.07 Å². The maximum atomic E-state index is 12.2. The third-order valence-corrected chi connectivity index (χ3v) is 4.08. The SMILES string of the molecule is Cc1nn(C)c(Cn2nc3ccccn3c2=O)c1Br. The second-order valence-corrected chi connectivity index (χ2v) is 5.13. The molecule has 0 unspecified atom stereocenters. The Kier molecular flexibility index (Phi) is 2.78. The zero-order valence-electron chi connectivity index (χ0n) is 10.5. The Morgan fingerprint density at radius 2 is 2.11 bits per heavy atom. The molecule has 98 valence electrons. The highest BCUT2D eigenvalue weighted by atomic mass is 79.9. The molecular formula is C12H12BrN5O. The molecule has 3 rings (SSSR count). The topological polar surface area (TPSA) is 57.1 Å². The van der Waals surface area contributed by atoms with Crippen molar-refractivity contribution in [3.05, 3.63) is 50.7 Å². The third kappa shape index (κ3) is 1.90. The van der Waals surface area contributed by atoms with Crippen LogP contribution < -0.4 is 5.69 Å². The fourth-order valence-corrected chi connectivity index (χ4v) is 2.53. The molecule has 3 aromatic rings. The number of halogens is 1. The van der Waals surface area contributed by atoms with E-state index in [0.29, 0.717) is 12.2 Å². The van der Waals surface area contributed by atoms with Gasteiger partial charge in [0.2, 0.25) is 0 Å². The predicted octanol–water partition coefficient (Wildman–Crippen LogP) is 1.35. The first-order valence-corrected chi connectivity index (χ1v) is 6.59. The molecule has 0 saturated heterocycles. The van der Waals surface area contributed by atoms with Crippen LogP contribution in [-0.4, -0.2) is 24.0 Å². The van der Waals surface area contributed by atoms with Crippen molar-refractivity contribution in [3.8, 4) is 0 Å². The van der Waals surface area contributed by atoms with Crippen LogP contribution in [-0.2, 0) is 13.6 Å². The summed E-state index contributed by atoms with van der Waals surface area (Å²) in [6.45, 7) is 2.30. The van der Waals surface area contributed by atoms with Crippen LogP contribution in [0.3, 0.4) is 0 Å². The highest BCUT2D eigenvalue weighted by Crippen LogP contribution is 2.20. The van der Waals surface area contributed by atoms with E-state index in [1.807, 2.05) is 26.1 Å². The lowest BCUT2D eigenvalue weighted by Gasteiger charge is -2.01. The number of hydrogen-bond donors (Lipinski definition) is 0. The lowest BCUT2D eigenvalue weighted by molar-refractivity contribution is 0.601. The van der Waals surface area contributed by atoms with Gasteiger partial charge < -0.3 is 0 Å². The minimum absolute atomic E-state index is 0.152. The average Bonchev–Trinajstić information content (AvgIpc) is 2.83. The van der Waals surface area contributed by atoms with Crippen LogP contribution in [0, 0.1) is 6.92 Å². The summed E-state index contributed by atoms with van der Waals surface area (Å²) in [5.41, 5.74) is 2.31. The molecular weight excluding hydrogens is 310 g/mol. The van der Waals surface area contributed by atoms with Crippen LogP contribution >= 0.6 is 15.9 Å². The Hall–Kier alpha value is -1.89. The Balaban J connectivity index is 2.11. The van der Waals surface area contributed by atoms with E-state index >= 15 is 0 Å². The average molecular weight is 322 g/mol. The van der Waals surface area contributed by atoms with Crippen molar-refractivity contribution >= 4 is 21.6 Å². The van der Waals surface area contributed by atoms with Gasteiger partial charge >= 0.3 is 5.69 Å². The van der Waals surface area contributed by atoms with Gasteiger partial charge in [-0.2, -0.15) is 5.10 Å². The summed E-state index contributed by atoms with van der Waals surface area (Å²) in [5.74, 6) is 0. The number of aromatic nitrogens is 5. The van der Waals surface area contributed by atoms with Gasteiger partial charge in [-0.25, -0.2) is 9.48 Å². The van der Waals surface area contributed by atoms with Crippen molar-refractivity contribution in [2.45, 2.75) is 13.5 Å². The van der Waals surface area contributed by atoms with E-state index in [2.05, 4.69) is 26.1 Å². The first kappa shape index (κ1) is 12.2. The van der Waals surface area contributed by atoms with Crippen LogP contribution in [0.15, 0.2) is 33.7 Å². The first-order chi connectivity index (χ1) is 9.08. The maximum absolute atomic E-state index is 12.2. The number of rotatable bonds is 2. The van der Waals surface area contributed by atoms with Crippen molar-refractivity contribution in [1.29, 1.82) is 0 Å². The van der Waals surface area contributed by atoms with Crippen LogP contribution in [0.1, 0.15) is 11.4 Å². The van der Waals surface area contributed by atoms with Gasteiger partial charge in [0, 0.05) is 13.2 Å².